The summed E-state index contributed by atoms with van der Waals surface area (Å²) in [5.74, 6) is 2.92. The first-order chi connectivity index (χ1) is 11.2. The number of hydrogen-bond donors (Lipinski definition) is 0. The fourth-order valence-electron chi connectivity index (χ4n) is 6.38. The van der Waals surface area contributed by atoms with E-state index in [1.165, 1.54) is 48.4 Å². The zero-order valence-electron chi connectivity index (χ0n) is 13.0. The molecular formula is C21H19ClO. The van der Waals surface area contributed by atoms with E-state index in [4.69, 9.17) is 16.0 Å². The van der Waals surface area contributed by atoms with E-state index in [-0.39, 0.29) is 0 Å². The number of benzene rings is 2. The summed E-state index contributed by atoms with van der Waals surface area (Å²) in [7, 11) is 0. The first-order valence-electron chi connectivity index (χ1n) is 8.83. The van der Waals surface area contributed by atoms with Crippen molar-refractivity contribution in [1.82, 2.24) is 0 Å². The Labute approximate surface area is 140 Å². The molecule has 4 aliphatic carbocycles. The monoisotopic (exact) mass is 322 g/mol. The van der Waals surface area contributed by atoms with E-state index in [9.17, 15) is 0 Å². The second-order valence-corrected chi connectivity index (χ2v) is 8.61. The summed E-state index contributed by atoms with van der Waals surface area (Å²) in [5.41, 5.74) is 3.92. The third-order valence-corrected chi connectivity index (χ3v) is 7.19. The Morgan fingerprint density at radius 1 is 0.957 bits per heavy atom. The van der Waals surface area contributed by atoms with Crippen LogP contribution in [0.5, 0.6) is 0 Å². The smallest absolute Gasteiger partial charge is 0.135 e. The molecule has 1 aromatic heterocycles. The lowest BCUT2D eigenvalue weighted by Crippen LogP contribution is -2.31. The average molecular weight is 323 g/mol. The molecule has 2 atom stereocenters. The maximum Gasteiger partial charge on any atom is 0.135 e. The zero-order chi connectivity index (χ0) is 15.2. The van der Waals surface area contributed by atoms with Crippen molar-refractivity contribution in [1.29, 1.82) is 0 Å². The van der Waals surface area contributed by atoms with Crippen LogP contribution >= 0.6 is 11.6 Å². The van der Waals surface area contributed by atoms with Gasteiger partial charge in [-0.15, -0.1) is 0 Å². The molecule has 4 aliphatic rings. The molecule has 1 heterocycles. The van der Waals surface area contributed by atoms with E-state index in [1.807, 2.05) is 12.1 Å². The molecule has 0 amide bonds. The molecule has 4 bridgehead atoms. The van der Waals surface area contributed by atoms with Gasteiger partial charge < -0.3 is 4.42 Å². The second-order valence-electron chi connectivity index (χ2n) is 8.17. The minimum absolute atomic E-state index is 0.398. The zero-order valence-corrected chi connectivity index (χ0v) is 13.8. The van der Waals surface area contributed by atoms with Crippen molar-refractivity contribution in [3.05, 3.63) is 47.0 Å². The van der Waals surface area contributed by atoms with Gasteiger partial charge in [-0.05, 0) is 85.1 Å². The lowest BCUT2D eigenvalue weighted by Gasteiger charge is -2.39. The van der Waals surface area contributed by atoms with Gasteiger partial charge in [0.15, 0.2) is 0 Å². The normalized spacial score (nSPS) is 34.9. The Hall–Kier alpha value is -1.47. The molecule has 23 heavy (non-hydrogen) atoms. The minimum Gasteiger partial charge on any atom is -0.456 e. The van der Waals surface area contributed by atoms with Crippen molar-refractivity contribution in [2.24, 2.45) is 17.8 Å². The van der Waals surface area contributed by atoms with Crippen LogP contribution in [0, 0.1) is 17.8 Å². The molecule has 7 rings (SSSR count). The van der Waals surface area contributed by atoms with Crippen molar-refractivity contribution in [2.75, 3.05) is 0 Å². The standard InChI is InChI=1S/C21H19ClO/c22-15-4-5-18-16(8-15)20-17(2-1-3-19(20)23-18)21-9-12-6-13(10-21)14(7-12)11-21/h1-5,8,12-14H,6-7,9-11H2. The topological polar surface area (TPSA) is 13.1 Å². The van der Waals surface area contributed by atoms with Crippen molar-refractivity contribution in [2.45, 2.75) is 37.5 Å². The third-order valence-electron chi connectivity index (χ3n) is 6.95. The van der Waals surface area contributed by atoms with Gasteiger partial charge in [0.25, 0.3) is 0 Å². The third kappa shape index (κ3) is 1.59. The Morgan fingerprint density at radius 3 is 2.57 bits per heavy atom. The maximum absolute atomic E-state index is 6.28. The van der Waals surface area contributed by atoms with Crippen molar-refractivity contribution in [3.8, 4) is 0 Å². The fraction of sp³-hybridized carbons (Fsp3) is 0.429. The van der Waals surface area contributed by atoms with Gasteiger partial charge in [0.05, 0.1) is 0 Å². The summed E-state index contributed by atoms with van der Waals surface area (Å²) in [5, 5.41) is 3.32. The summed E-state index contributed by atoms with van der Waals surface area (Å²) in [4.78, 5) is 0. The molecule has 2 heteroatoms. The Bertz CT molecular complexity index is 934. The van der Waals surface area contributed by atoms with Crippen molar-refractivity contribution < 1.29 is 4.42 Å². The van der Waals surface area contributed by atoms with Gasteiger partial charge >= 0.3 is 0 Å². The molecule has 0 N–H and O–H groups in total. The first kappa shape index (κ1) is 12.9. The summed E-state index contributed by atoms with van der Waals surface area (Å²) in [6.07, 6.45) is 7.13. The molecule has 0 saturated heterocycles. The molecule has 1 nitrogen and oxygen atoms in total. The van der Waals surface area contributed by atoms with Crippen LogP contribution in [-0.2, 0) is 5.41 Å². The largest absolute Gasteiger partial charge is 0.456 e. The highest BCUT2D eigenvalue weighted by Gasteiger charge is 2.56. The van der Waals surface area contributed by atoms with Crippen LogP contribution in [0.3, 0.4) is 0 Å². The molecule has 3 aromatic rings. The summed E-state index contributed by atoms with van der Waals surface area (Å²) < 4.78 is 6.12. The van der Waals surface area contributed by atoms with Gasteiger partial charge in [-0.2, -0.15) is 0 Å². The summed E-state index contributed by atoms with van der Waals surface area (Å²) in [6, 6.07) is 12.7. The first-order valence-corrected chi connectivity index (χ1v) is 9.21. The van der Waals surface area contributed by atoms with Gasteiger partial charge in [0, 0.05) is 15.8 Å². The second kappa shape index (κ2) is 4.13. The molecule has 0 radical (unpaired) electrons. The molecule has 116 valence electrons. The minimum atomic E-state index is 0.398. The van der Waals surface area contributed by atoms with Gasteiger partial charge in [-0.1, -0.05) is 23.7 Å². The maximum atomic E-state index is 6.28. The number of fused-ring (bicyclic) bond motifs is 3. The number of hydrogen-bond acceptors (Lipinski definition) is 1. The van der Waals surface area contributed by atoms with Gasteiger partial charge in [-0.25, -0.2) is 0 Å². The van der Waals surface area contributed by atoms with Crippen LogP contribution in [0.25, 0.3) is 21.9 Å². The SMILES string of the molecule is Clc1ccc2oc3cccc(C45CC6CC(C4)C(C6)C5)c3c2c1. The van der Waals surface area contributed by atoms with E-state index < -0.39 is 0 Å². The van der Waals surface area contributed by atoms with E-state index in [1.54, 1.807) is 0 Å². The van der Waals surface area contributed by atoms with E-state index in [2.05, 4.69) is 24.3 Å². The van der Waals surface area contributed by atoms with E-state index >= 15 is 0 Å². The number of halogens is 1. The molecule has 4 fully saturated rings. The quantitative estimate of drug-likeness (QED) is 0.511. The van der Waals surface area contributed by atoms with Crippen LogP contribution in [0.4, 0.5) is 0 Å². The predicted octanol–water partition coefficient (Wildman–Crippen LogP) is 6.32. The summed E-state index contributed by atoms with van der Waals surface area (Å²) >= 11 is 6.28. The van der Waals surface area contributed by atoms with Crippen LogP contribution < -0.4 is 0 Å². The Morgan fingerprint density at radius 2 is 1.78 bits per heavy atom. The fourth-order valence-corrected chi connectivity index (χ4v) is 6.55. The highest BCUT2D eigenvalue weighted by Crippen LogP contribution is 2.65. The molecular weight excluding hydrogens is 304 g/mol. The van der Waals surface area contributed by atoms with Crippen molar-refractivity contribution >= 4 is 33.5 Å². The number of rotatable bonds is 1. The molecule has 4 saturated carbocycles. The molecule has 0 aliphatic heterocycles. The highest BCUT2D eigenvalue weighted by molar-refractivity contribution is 6.31. The van der Waals surface area contributed by atoms with Crippen molar-refractivity contribution in [3.63, 3.8) is 0 Å². The molecule has 0 spiro atoms. The molecule has 2 unspecified atom stereocenters. The van der Waals surface area contributed by atoms with Gasteiger partial charge in [0.1, 0.15) is 11.2 Å². The Kier molecular flexibility index (Phi) is 2.32. The summed E-state index contributed by atoms with van der Waals surface area (Å²) in [6.45, 7) is 0. The van der Waals surface area contributed by atoms with Crippen LogP contribution in [0.2, 0.25) is 5.02 Å². The molecule has 2 aromatic carbocycles. The predicted molar refractivity (Wildman–Crippen MR) is 94.0 cm³/mol. The van der Waals surface area contributed by atoms with Gasteiger partial charge in [0.2, 0.25) is 0 Å². The van der Waals surface area contributed by atoms with E-state index in [0.717, 1.165) is 33.9 Å². The van der Waals surface area contributed by atoms with E-state index in [0.29, 0.717) is 5.41 Å². The van der Waals surface area contributed by atoms with Crippen LogP contribution in [0.1, 0.15) is 37.7 Å². The van der Waals surface area contributed by atoms with Crippen LogP contribution in [0.15, 0.2) is 40.8 Å². The average Bonchev–Trinajstić information content (AvgIpc) is 3.12. The number of furan rings is 1. The highest BCUT2D eigenvalue weighted by atomic mass is 35.5. The Balaban J connectivity index is 1.66. The van der Waals surface area contributed by atoms with Crippen LogP contribution in [-0.4, -0.2) is 0 Å². The lowest BCUT2D eigenvalue weighted by atomic mass is 9.65. The van der Waals surface area contributed by atoms with Gasteiger partial charge in [-0.3, -0.25) is 0 Å². The lowest BCUT2D eigenvalue weighted by molar-refractivity contribution is 0.231.